The lowest BCUT2D eigenvalue weighted by Gasteiger charge is -2.17. The van der Waals surface area contributed by atoms with Crippen molar-refractivity contribution in [2.75, 3.05) is 5.32 Å². The number of carbonyl (C=O) groups is 3. The number of halogens is 1. The maximum atomic E-state index is 13.1. The van der Waals surface area contributed by atoms with Crippen LogP contribution in [0.2, 0.25) is 0 Å². The van der Waals surface area contributed by atoms with E-state index >= 15 is 0 Å². The Morgan fingerprint density at radius 2 is 1.86 bits per heavy atom. The molecule has 0 atom stereocenters. The van der Waals surface area contributed by atoms with Crippen LogP contribution in [-0.4, -0.2) is 23.0 Å². The summed E-state index contributed by atoms with van der Waals surface area (Å²) in [5.74, 6) is -2.38. The van der Waals surface area contributed by atoms with E-state index in [0.29, 0.717) is 5.56 Å². The normalized spacial score (nSPS) is 10.9. The second kappa shape index (κ2) is 6.34. The summed E-state index contributed by atoms with van der Waals surface area (Å²) in [7, 11) is 0. The van der Waals surface area contributed by atoms with Gasteiger partial charge in [-0.05, 0) is 44.5 Å². The second-order valence-electron chi connectivity index (χ2n) is 5.39. The van der Waals surface area contributed by atoms with Crippen molar-refractivity contribution in [2.24, 2.45) is 5.41 Å². The van der Waals surface area contributed by atoms with Crippen LogP contribution in [0.1, 0.15) is 25.8 Å². The molecule has 0 fully saturated rings. The Morgan fingerprint density at radius 1 is 1.24 bits per heavy atom. The molecule has 0 spiro atoms. The third-order valence-electron chi connectivity index (χ3n) is 2.73. The Balaban J connectivity index is 2.61. The van der Waals surface area contributed by atoms with Crippen LogP contribution in [0.25, 0.3) is 0 Å². The number of imide groups is 1. The Hall–Kier alpha value is -2.44. The van der Waals surface area contributed by atoms with Gasteiger partial charge in [-0.2, -0.15) is 0 Å². The topological polar surface area (TPSA) is 95.5 Å². The molecule has 0 unspecified atom stereocenters. The third-order valence-corrected chi connectivity index (χ3v) is 2.73. The summed E-state index contributed by atoms with van der Waals surface area (Å²) >= 11 is 0. The van der Waals surface area contributed by atoms with Gasteiger partial charge in [-0.1, -0.05) is 0 Å². The highest BCUT2D eigenvalue weighted by molar-refractivity contribution is 6.02. The lowest BCUT2D eigenvalue weighted by Crippen LogP contribution is -2.38. The molecule has 21 heavy (non-hydrogen) atoms. The highest BCUT2D eigenvalue weighted by atomic mass is 19.1. The number of benzene rings is 1. The quantitative estimate of drug-likeness (QED) is 0.794. The average Bonchev–Trinajstić information content (AvgIpc) is 2.25. The van der Waals surface area contributed by atoms with E-state index in [1.54, 1.807) is 6.92 Å². The van der Waals surface area contributed by atoms with Gasteiger partial charge in [0.15, 0.2) is 0 Å². The molecule has 0 aliphatic heterocycles. The van der Waals surface area contributed by atoms with Crippen LogP contribution < -0.4 is 10.6 Å². The van der Waals surface area contributed by atoms with Crippen molar-refractivity contribution in [2.45, 2.75) is 27.2 Å². The van der Waals surface area contributed by atoms with Gasteiger partial charge < -0.3 is 10.4 Å². The molecule has 3 N–H and O–H groups in total. The van der Waals surface area contributed by atoms with Crippen LogP contribution >= 0.6 is 0 Å². The molecular formula is C14H17FN2O4. The Kier molecular flexibility index (Phi) is 5.02. The first-order valence-corrected chi connectivity index (χ1v) is 6.21. The minimum absolute atomic E-state index is 0.204. The maximum Gasteiger partial charge on any atom is 0.325 e. The smallest absolute Gasteiger partial charge is 0.325 e. The third kappa shape index (κ3) is 5.21. The minimum Gasteiger partial charge on any atom is -0.481 e. The summed E-state index contributed by atoms with van der Waals surface area (Å²) < 4.78 is 13.1. The van der Waals surface area contributed by atoms with Crippen LogP contribution in [0.5, 0.6) is 0 Å². The van der Waals surface area contributed by atoms with Gasteiger partial charge in [0.1, 0.15) is 5.82 Å². The van der Waals surface area contributed by atoms with E-state index in [2.05, 4.69) is 5.32 Å². The number of rotatable bonds is 4. The number of nitrogens with one attached hydrogen (secondary N) is 2. The van der Waals surface area contributed by atoms with Crippen LogP contribution in [0.3, 0.4) is 0 Å². The van der Waals surface area contributed by atoms with Crippen LogP contribution in [-0.2, 0) is 9.59 Å². The Bertz CT molecular complexity index is 564. The number of carboxylic acids is 1. The summed E-state index contributed by atoms with van der Waals surface area (Å²) in [4.78, 5) is 34.1. The molecule has 0 aliphatic carbocycles. The standard InChI is InChI=1S/C14H17FN2O4/c1-8-4-9(15)6-10(5-8)16-13(21)17-11(18)7-14(2,3)12(19)20/h4-6H,7H2,1-3H3,(H,19,20)(H2,16,17,18,21). The van der Waals surface area contributed by atoms with Crippen LogP contribution in [0, 0.1) is 18.2 Å². The first kappa shape index (κ1) is 16.6. The summed E-state index contributed by atoms with van der Waals surface area (Å²) in [5.41, 5.74) is -0.460. The summed E-state index contributed by atoms with van der Waals surface area (Å²) in [5, 5.41) is 13.2. The number of hydrogen-bond donors (Lipinski definition) is 3. The van der Waals surface area contributed by atoms with Crippen LogP contribution in [0.4, 0.5) is 14.9 Å². The molecule has 0 aliphatic rings. The molecule has 0 bridgehead atoms. The van der Waals surface area contributed by atoms with Crippen molar-refractivity contribution >= 4 is 23.6 Å². The lowest BCUT2D eigenvalue weighted by molar-refractivity contribution is -0.149. The predicted octanol–water partition coefficient (Wildman–Crippen LogP) is 2.28. The molecule has 114 valence electrons. The molecule has 0 saturated heterocycles. The van der Waals surface area contributed by atoms with Crippen molar-refractivity contribution in [1.29, 1.82) is 0 Å². The van der Waals surface area contributed by atoms with E-state index in [0.717, 1.165) is 6.07 Å². The van der Waals surface area contributed by atoms with E-state index in [-0.39, 0.29) is 12.1 Å². The van der Waals surface area contributed by atoms with Crippen molar-refractivity contribution in [3.05, 3.63) is 29.6 Å². The van der Waals surface area contributed by atoms with E-state index < -0.39 is 29.1 Å². The maximum absolute atomic E-state index is 13.1. The first-order chi connectivity index (χ1) is 9.60. The zero-order chi connectivity index (χ0) is 16.2. The van der Waals surface area contributed by atoms with Gasteiger partial charge in [0.05, 0.1) is 5.41 Å². The van der Waals surface area contributed by atoms with Gasteiger partial charge in [0.25, 0.3) is 0 Å². The zero-order valence-corrected chi connectivity index (χ0v) is 12.0. The van der Waals surface area contributed by atoms with Gasteiger partial charge in [0.2, 0.25) is 5.91 Å². The molecule has 0 radical (unpaired) electrons. The van der Waals surface area contributed by atoms with Crippen molar-refractivity contribution in [1.82, 2.24) is 5.32 Å². The van der Waals surface area contributed by atoms with Gasteiger partial charge in [-0.25, -0.2) is 9.18 Å². The molecule has 1 rings (SSSR count). The molecule has 7 heteroatoms. The summed E-state index contributed by atoms with van der Waals surface area (Å²) in [6.45, 7) is 4.41. The minimum atomic E-state index is -1.28. The van der Waals surface area contributed by atoms with E-state index in [1.165, 1.54) is 26.0 Å². The number of aliphatic carboxylic acids is 1. The lowest BCUT2D eigenvalue weighted by atomic mass is 9.89. The van der Waals surface area contributed by atoms with Crippen molar-refractivity contribution < 1.29 is 23.9 Å². The number of carbonyl (C=O) groups excluding carboxylic acids is 2. The Morgan fingerprint density at radius 3 is 2.38 bits per heavy atom. The SMILES string of the molecule is Cc1cc(F)cc(NC(=O)NC(=O)CC(C)(C)C(=O)O)c1. The molecule has 1 aromatic carbocycles. The van der Waals surface area contributed by atoms with Crippen molar-refractivity contribution in [3.8, 4) is 0 Å². The molecule has 6 nitrogen and oxygen atoms in total. The molecule has 0 heterocycles. The Labute approximate surface area is 121 Å². The molecule has 1 aromatic rings. The number of amides is 3. The molecular weight excluding hydrogens is 279 g/mol. The van der Waals surface area contributed by atoms with E-state index in [1.807, 2.05) is 5.32 Å². The fourth-order valence-corrected chi connectivity index (χ4v) is 1.62. The van der Waals surface area contributed by atoms with E-state index in [9.17, 15) is 18.8 Å². The monoisotopic (exact) mass is 296 g/mol. The predicted molar refractivity (Wildman–Crippen MR) is 74.3 cm³/mol. The number of anilines is 1. The molecule has 0 aromatic heterocycles. The highest BCUT2D eigenvalue weighted by Crippen LogP contribution is 2.20. The fourth-order valence-electron chi connectivity index (χ4n) is 1.62. The number of aryl methyl sites for hydroxylation is 1. The highest BCUT2D eigenvalue weighted by Gasteiger charge is 2.30. The van der Waals surface area contributed by atoms with Gasteiger partial charge in [0, 0.05) is 12.1 Å². The van der Waals surface area contributed by atoms with E-state index in [4.69, 9.17) is 5.11 Å². The summed E-state index contributed by atoms with van der Waals surface area (Å²) in [6.07, 6.45) is -0.349. The molecule has 3 amide bonds. The van der Waals surface area contributed by atoms with Gasteiger partial charge in [-0.15, -0.1) is 0 Å². The number of urea groups is 1. The number of carboxylic acid groups (broad SMARTS) is 1. The van der Waals surface area contributed by atoms with Crippen molar-refractivity contribution in [3.63, 3.8) is 0 Å². The average molecular weight is 296 g/mol. The first-order valence-electron chi connectivity index (χ1n) is 6.21. The number of hydrogen-bond acceptors (Lipinski definition) is 3. The second-order valence-corrected chi connectivity index (χ2v) is 5.39. The van der Waals surface area contributed by atoms with Gasteiger partial charge in [-0.3, -0.25) is 14.9 Å². The summed E-state index contributed by atoms with van der Waals surface area (Å²) in [6, 6.07) is 3.10. The fraction of sp³-hybridized carbons (Fsp3) is 0.357. The zero-order valence-electron chi connectivity index (χ0n) is 12.0. The van der Waals surface area contributed by atoms with Crippen LogP contribution in [0.15, 0.2) is 18.2 Å². The van der Waals surface area contributed by atoms with Gasteiger partial charge >= 0.3 is 12.0 Å². The molecule has 0 saturated carbocycles. The largest absolute Gasteiger partial charge is 0.481 e.